The maximum absolute atomic E-state index is 6.23. The Morgan fingerprint density at radius 2 is 1.92 bits per heavy atom. The second kappa shape index (κ2) is 9.43. The van der Waals surface area contributed by atoms with Crippen molar-refractivity contribution in [3.63, 3.8) is 0 Å². The molecule has 3 rings (SSSR count). The fourth-order valence-corrected chi connectivity index (χ4v) is 4.03. The number of ether oxygens (including phenoxy) is 2. The Kier molecular flexibility index (Phi) is 6.98. The normalized spacial score (nSPS) is 15.0. The molecule has 1 N–H and O–H groups in total. The second-order valence-corrected chi connectivity index (χ2v) is 7.91. The third-order valence-corrected chi connectivity index (χ3v) is 5.77. The van der Waals surface area contributed by atoms with E-state index in [0.717, 1.165) is 28.1 Å². The van der Waals surface area contributed by atoms with E-state index in [9.17, 15) is 0 Å². The van der Waals surface area contributed by atoms with Gasteiger partial charge >= 0.3 is 0 Å². The molecule has 2 aromatic carbocycles. The van der Waals surface area contributed by atoms with Gasteiger partial charge < -0.3 is 14.8 Å². The predicted octanol–water partition coefficient (Wildman–Crippen LogP) is 5.77. The Morgan fingerprint density at radius 1 is 1.12 bits per heavy atom. The van der Waals surface area contributed by atoms with Gasteiger partial charge in [-0.1, -0.05) is 65.0 Å². The number of rotatable bonds is 7. The number of hydrogen-bond acceptors (Lipinski definition) is 3. The van der Waals surface area contributed by atoms with Crippen LogP contribution in [0.15, 0.2) is 40.9 Å². The molecule has 0 radical (unpaired) electrons. The van der Waals surface area contributed by atoms with Crippen LogP contribution in [-0.2, 0) is 13.2 Å². The minimum Gasteiger partial charge on any atom is -0.493 e. The van der Waals surface area contributed by atoms with Gasteiger partial charge in [0.05, 0.1) is 7.11 Å². The Bertz CT molecular complexity index is 726. The van der Waals surface area contributed by atoms with Gasteiger partial charge in [0.1, 0.15) is 6.61 Å². The van der Waals surface area contributed by atoms with Crippen molar-refractivity contribution in [2.45, 2.75) is 58.2 Å². The predicted molar refractivity (Wildman–Crippen MR) is 110 cm³/mol. The Labute approximate surface area is 165 Å². The fourth-order valence-electron chi connectivity index (χ4n) is 3.58. The van der Waals surface area contributed by atoms with Crippen LogP contribution in [0.4, 0.5) is 0 Å². The molecule has 26 heavy (non-hydrogen) atoms. The van der Waals surface area contributed by atoms with Crippen LogP contribution in [0.5, 0.6) is 11.5 Å². The third kappa shape index (κ3) is 5.01. The summed E-state index contributed by atoms with van der Waals surface area (Å²) in [5.41, 5.74) is 3.53. The largest absolute Gasteiger partial charge is 0.493 e. The zero-order valence-corrected chi connectivity index (χ0v) is 17.3. The summed E-state index contributed by atoms with van der Waals surface area (Å²) >= 11 is 3.70. The highest BCUT2D eigenvalue weighted by atomic mass is 79.9. The van der Waals surface area contributed by atoms with Gasteiger partial charge in [0.2, 0.25) is 0 Å². The topological polar surface area (TPSA) is 30.5 Å². The lowest BCUT2D eigenvalue weighted by molar-refractivity contribution is 0.278. The molecular weight excluding hydrogens is 390 g/mol. The Hall–Kier alpha value is -1.52. The van der Waals surface area contributed by atoms with Crippen molar-refractivity contribution in [3.8, 4) is 11.5 Å². The summed E-state index contributed by atoms with van der Waals surface area (Å²) in [6.45, 7) is 3.42. The summed E-state index contributed by atoms with van der Waals surface area (Å²) in [6.07, 6.45) is 6.55. The number of hydrogen-bond donors (Lipinski definition) is 1. The number of nitrogens with one attached hydrogen (secondary N) is 1. The lowest BCUT2D eigenvalue weighted by atomic mass is 9.95. The van der Waals surface area contributed by atoms with Crippen LogP contribution >= 0.6 is 15.9 Å². The van der Waals surface area contributed by atoms with Crippen LogP contribution in [0.1, 0.15) is 48.8 Å². The highest BCUT2D eigenvalue weighted by Crippen LogP contribution is 2.37. The van der Waals surface area contributed by atoms with Crippen molar-refractivity contribution in [1.82, 2.24) is 5.32 Å². The molecule has 1 saturated carbocycles. The maximum atomic E-state index is 6.23. The van der Waals surface area contributed by atoms with Crippen LogP contribution in [0.25, 0.3) is 0 Å². The van der Waals surface area contributed by atoms with Crippen molar-refractivity contribution < 1.29 is 9.47 Å². The van der Waals surface area contributed by atoms with Gasteiger partial charge in [0.25, 0.3) is 0 Å². The lowest BCUT2D eigenvalue weighted by Crippen LogP contribution is -2.30. The molecule has 1 aliphatic rings. The first kappa shape index (κ1) is 19.2. The van der Waals surface area contributed by atoms with Gasteiger partial charge in [-0.2, -0.15) is 0 Å². The van der Waals surface area contributed by atoms with E-state index in [1.54, 1.807) is 7.11 Å². The van der Waals surface area contributed by atoms with Gasteiger partial charge in [0.15, 0.2) is 11.5 Å². The first-order valence-corrected chi connectivity index (χ1v) is 10.2. The van der Waals surface area contributed by atoms with Crippen LogP contribution in [0, 0.1) is 6.92 Å². The van der Waals surface area contributed by atoms with Gasteiger partial charge in [-0.15, -0.1) is 0 Å². The van der Waals surface area contributed by atoms with Gasteiger partial charge in [-0.3, -0.25) is 0 Å². The van der Waals surface area contributed by atoms with E-state index in [1.165, 1.54) is 43.2 Å². The van der Waals surface area contributed by atoms with Gasteiger partial charge in [0, 0.05) is 22.6 Å². The molecule has 140 valence electrons. The zero-order chi connectivity index (χ0) is 18.4. The quantitative estimate of drug-likeness (QED) is 0.620. The van der Waals surface area contributed by atoms with E-state index in [2.05, 4.69) is 52.4 Å². The first-order chi connectivity index (χ1) is 12.7. The van der Waals surface area contributed by atoms with Gasteiger partial charge in [-0.05, 0) is 37.5 Å². The van der Waals surface area contributed by atoms with Crippen molar-refractivity contribution >= 4 is 15.9 Å². The molecule has 0 unspecified atom stereocenters. The molecule has 0 heterocycles. The molecule has 0 aliphatic heterocycles. The van der Waals surface area contributed by atoms with E-state index in [4.69, 9.17) is 9.47 Å². The van der Waals surface area contributed by atoms with E-state index in [-0.39, 0.29) is 0 Å². The van der Waals surface area contributed by atoms with Crippen molar-refractivity contribution in [3.05, 3.63) is 57.6 Å². The molecule has 1 aliphatic carbocycles. The molecule has 0 atom stereocenters. The van der Waals surface area contributed by atoms with Crippen LogP contribution in [-0.4, -0.2) is 13.2 Å². The average Bonchev–Trinajstić information content (AvgIpc) is 2.66. The molecule has 0 bridgehead atoms. The SMILES string of the molecule is COc1ccc(Br)c(CNC2CCCCC2)c1OCc1cccc(C)c1. The van der Waals surface area contributed by atoms with Crippen molar-refractivity contribution in [2.75, 3.05) is 7.11 Å². The van der Waals surface area contributed by atoms with E-state index in [0.29, 0.717) is 12.6 Å². The number of aryl methyl sites for hydroxylation is 1. The van der Waals surface area contributed by atoms with Crippen molar-refractivity contribution in [2.24, 2.45) is 0 Å². The molecule has 1 fully saturated rings. The van der Waals surface area contributed by atoms with E-state index in [1.807, 2.05) is 12.1 Å². The maximum Gasteiger partial charge on any atom is 0.167 e. The molecule has 2 aromatic rings. The summed E-state index contributed by atoms with van der Waals surface area (Å²) in [5.74, 6) is 1.60. The van der Waals surface area contributed by atoms with Crippen LogP contribution in [0.3, 0.4) is 0 Å². The van der Waals surface area contributed by atoms with Gasteiger partial charge in [-0.25, -0.2) is 0 Å². The van der Waals surface area contributed by atoms with E-state index < -0.39 is 0 Å². The summed E-state index contributed by atoms with van der Waals surface area (Å²) < 4.78 is 12.9. The number of benzene rings is 2. The minimum absolute atomic E-state index is 0.533. The summed E-state index contributed by atoms with van der Waals surface area (Å²) in [6, 6.07) is 13.0. The van der Waals surface area contributed by atoms with Crippen molar-refractivity contribution in [1.29, 1.82) is 0 Å². The summed E-state index contributed by atoms with van der Waals surface area (Å²) in [4.78, 5) is 0. The minimum atomic E-state index is 0.533. The molecule has 0 spiro atoms. The summed E-state index contributed by atoms with van der Waals surface area (Å²) in [5, 5.41) is 3.71. The molecule has 0 saturated heterocycles. The zero-order valence-electron chi connectivity index (χ0n) is 15.7. The Morgan fingerprint density at radius 3 is 2.65 bits per heavy atom. The first-order valence-electron chi connectivity index (χ1n) is 9.44. The third-order valence-electron chi connectivity index (χ3n) is 5.03. The molecular formula is C22H28BrNO2. The molecule has 0 amide bonds. The summed E-state index contributed by atoms with van der Waals surface area (Å²) in [7, 11) is 1.70. The molecule has 3 nitrogen and oxygen atoms in total. The number of halogens is 1. The average molecular weight is 418 g/mol. The number of methoxy groups -OCH3 is 1. The fraction of sp³-hybridized carbons (Fsp3) is 0.455. The molecule has 4 heteroatoms. The standard InChI is InChI=1S/C22H28BrNO2/c1-16-7-6-8-17(13-16)15-26-22-19(20(23)11-12-21(22)25-2)14-24-18-9-4-3-5-10-18/h6-8,11-13,18,24H,3-5,9-10,14-15H2,1-2H3. The Balaban J connectivity index is 1.76. The highest BCUT2D eigenvalue weighted by Gasteiger charge is 2.18. The smallest absolute Gasteiger partial charge is 0.167 e. The van der Waals surface area contributed by atoms with Crippen LogP contribution in [0.2, 0.25) is 0 Å². The van der Waals surface area contributed by atoms with Crippen LogP contribution < -0.4 is 14.8 Å². The molecule has 0 aromatic heterocycles. The van der Waals surface area contributed by atoms with E-state index >= 15 is 0 Å². The second-order valence-electron chi connectivity index (χ2n) is 7.05. The lowest BCUT2D eigenvalue weighted by Gasteiger charge is -2.24. The highest BCUT2D eigenvalue weighted by molar-refractivity contribution is 9.10. The monoisotopic (exact) mass is 417 g/mol.